The molecule has 2 aromatic rings. The third kappa shape index (κ3) is 2.92. The van der Waals surface area contributed by atoms with Crippen molar-refractivity contribution in [2.75, 3.05) is 0 Å². The lowest BCUT2D eigenvalue weighted by Gasteiger charge is -2.11. The molecule has 1 heterocycles. The molecule has 5 heteroatoms. The molecule has 3 nitrogen and oxygen atoms in total. The number of benzene rings is 1. The molecule has 1 aromatic carbocycles. The van der Waals surface area contributed by atoms with Gasteiger partial charge in [-0.1, -0.05) is 22.0 Å². The summed E-state index contributed by atoms with van der Waals surface area (Å²) in [5.41, 5.74) is 7.36. The van der Waals surface area contributed by atoms with Crippen LogP contribution in [0.4, 0.5) is 4.39 Å². The zero-order chi connectivity index (χ0) is 12.4. The van der Waals surface area contributed by atoms with E-state index in [4.69, 9.17) is 5.73 Å². The first-order valence-electron chi connectivity index (χ1n) is 5.25. The molecule has 0 saturated heterocycles. The molecule has 1 unspecified atom stereocenters. The monoisotopic (exact) mass is 297 g/mol. The van der Waals surface area contributed by atoms with Crippen LogP contribution in [0.2, 0.25) is 0 Å². The van der Waals surface area contributed by atoms with Crippen LogP contribution in [0, 0.1) is 5.82 Å². The molecular formula is C12H13BrFN3. The lowest BCUT2D eigenvalue weighted by Crippen LogP contribution is -2.15. The summed E-state index contributed by atoms with van der Waals surface area (Å²) in [6.07, 6.45) is 2.37. The predicted molar refractivity (Wildman–Crippen MR) is 67.9 cm³/mol. The summed E-state index contributed by atoms with van der Waals surface area (Å²) in [7, 11) is 1.84. The van der Waals surface area contributed by atoms with Crippen molar-refractivity contribution in [3.05, 3.63) is 52.0 Å². The smallest absolute Gasteiger partial charge is 0.129 e. The van der Waals surface area contributed by atoms with Crippen LogP contribution in [0.3, 0.4) is 0 Å². The topological polar surface area (TPSA) is 43.8 Å². The minimum atomic E-state index is -0.377. The van der Waals surface area contributed by atoms with Gasteiger partial charge in [0.2, 0.25) is 0 Å². The van der Waals surface area contributed by atoms with Gasteiger partial charge in [0.25, 0.3) is 0 Å². The van der Waals surface area contributed by atoms with Crippen LogP contribution in [0.25, 0.3) is 0 Å². The van der Waals surface area contributed by atoms with E-state index in [9.17, 15) is 4.39 Å². The molecule has 0 saturated carbocycles. The lowest BCUT2D eigenvalue weighted by atomic mass is 10.0. The number of aryl methyl sites for hydroxylation is 1. The maximum Gasteiger partial charge on any atom is 0.129 e. The van der Waals surface area contributed by atoms with Crippen molar-refractivity contribution in [3.8, 4) is 0 Å². The maximum absolute atomic E-state index is 13.7. The van der Waals surface area contributed by atoms with Gasteiger partial charge >= 0.3 is 0 Å². The highest BCUT2D eigenvalue weighted by Gasteiger charge is 2.13. The van der Waals surface area contributed by atoms with Gasteiger partial charge in [0.05, 0.1) is 5.69 Å². The van der Waals surface area contributed by atoms with Crippen molar-refractivity contribution in [2.45, 2.75) is 12.5 Å². The van der Waals surface area contributed by atoms with Crippen LogP contribution in [-0.4, -0.2) is 9.78 Å². The molecule has 0 spiro atoms. The van der Waals surface area contributed by atoms with Crippen LogP contribution in [0.15, 0.2) is 34.9 Å². The van der Waals surface area contributed by atoms with Gasteiger partial charge in [-0.05, 0) is 18.2 Å². The van der Waals surface area contributed by atoms with Crippen molar-refractivity contribution in [1.82, 2.24) is 9.78 Å². The van der Waals surface area contributed by atoms with Gasteiger partial charge in [0.15, 0.2) is 0 Å². The van der Waals surface area contributed by atoms with Crippen molar-refractivity contribution < 1.29 is 4.39 Å². The summed E-state index contributed by atoms with van der Waals surface area (Å²) >= 11 is 3.22. The van der Waals surface area contributed by atoms with Gasteiger partial charge in [-0.25, -0.2) is 4.39 Å². The Morgan fingerprint density at radius 1 is 1.47 bits per heavy atom. The first-order chi connectivity index (χ1) is 8.06. The third-order valence-corrected chi connectivity index (χ3v) is 3.05. The van der Waals surface area contributed by atoms with E-state index >= 15 is 0 Å². The van der Waals surface area contributed by atoms with Gasteiger partial charge in [0, 0.05) is 35.7 Å². The van der Waals surface area contributed by atoms with E-state index in [0.29, 0.717) is 16.5 Å². The quantitative estimate of drug-likeness (QED) is 0.946. The largest absolute Gasteiger partial charge is 0.324 e. The summed E-state index contributed by atoms with van der Waals surface area (Å²) in [5.74, 6) is -0.289. The normalized spacial score (nSPS) is 12.7. The summed E-state index contributed by atoms with van der Waals surface area (Å²) < 4.78 is 16.1. The molecule has 1 atom stereocenters. The standard InChI is InChI=1S/C12H13BrFN3/c1-17-5-4-9(16-17)7-12(15)10-3-2-8(13)6-11(10)14/h2-6,12H,7,15H2,1H3. The third-order valence-electron chi connectivity index (χ3n) is 2.56. The Bertz CT molecular complexity index is 524. The second-order valence-electron chi connectivity index (χ2n) is 3.96. The zero-order valence-corrected chi connectivity index (χ0v) is 11.0. The average Bonchev–Trinajstić information content (AvgIpc) is 2.63. The minimum Gasteiger partial charge on any atom is -0.324 e. The lowest BCUT2D eigenvalue weighted by molar-refractivity contribution is 0.575. The van der Waals surface area contributed by atoms with Gasteiger partial charge in [-0.15, -0.1) is 0 Å². The fraction of sp³-hybridized carbons (Fsp3) is 0.250. The van der Waals surface area contributed by atoms with Crippen LogP contribution in [-0.2, 0) is 13.5 Å². The first kappa shape index (κ1) is 12.3. The number of rotatable bonds is 3. The highest BCUT2D eigenvalue weighted by Crippen LogP contribution is 2.21. The number of halogens is 2. The molecule has 0 aliphatic heterocycles. The highest BCUT2D eigenvalue weighted by atomic mass is 79.9. The fourth-order valence-corrected chi connectivity index (χ4v) is 2.04. The highest BCUT2D eigenvalue weighted by molar-refractivity contribution is 9.10. The molecule has 0 aliphatic rings. The number of hydrogen-bond donors (Lipinski definition) is 1. The van der Waals surface area contributed by atoms with Crippen LogP contribution >= 0.6 is 15.9 Å². The van der Waals surface area contributed by atoms with E-state index in [1.165, 1.54) is 6.07 Å². The Morgan fingerprint density at radius 3 is 2.82 bits per heavy atom. The first-order valence-corrected chi connectivity index (χ1v) is 6.04. The molecule has 1 aromatic heterocycles. The SMILES string of the molecule is Cn1ccc(CC(N)c2ccc(Br)cc2F)n1. The van der Waals surface area contributed by atoms with Gasteiger partial charge in [-0.3, -0.25) is 4.68 Å². The summed E-state index contributed by atoms with van der Waals surface area (Å²) in [5, 5.41) is 4.23. The Morgan fingerprint density at radius 2 is 2.24 bits per heavy atom. The number of aromatic nitrogens is 2. The second kappa shape index (κ2) is 4.98. The molecule has 0 radical (unpaired) electrons. The molecule has 90 valence electrons. The molecule has 17 heavy (non-hydrogen) atoms. The van der Waals surface area contributed by atoms with Crippen molar-refractivity contribution >= 4 is 15.9 Å². The summed E-state index contributed by atoms with van der Waals surface area (Å²) in [6.45, 7) is 0. The van der Waals surface area contributed by atoms with E-state index in [1.54, 1.807) is 16.8 Å². The zero-order valence-electron chi connectivity index (χ0n) is 9.40. The Balaban J connectivity index is 2.17. The Kier molecular flexibility index (Phi) is 3.59. The number of nitrogens with two attached hydrogens (primary N) is 1. The van der Waals surface area contributed by atoms with Gasteiger partial charge < -0.3 is 5.73 Å². The van der Waals surface area contributed by atoms with Crippen molar-refractivity contribution in [2.24, 2.45) is 12.8 Å². The Labute approximate surface area is 108 Å². The second-order valence-corrected chi connectivity index (χ2v) is 4.87. The van der Waals surface area contributed by atoms with E-state index in [2.05, 4.69) is 21.0 Å². The van der Waals surface area contributed by atoms with Crippen LogP contribution < -0.4 is 5.73 Å². The molecule has 0 fully saturated rings. The van der Waals surface area contributed by atoms with Gasteiger partial charge in [-0.2, -0.15) is 5.10 Å². The predicted octanol–water partition coefficient (Wildman–Crippen LogP) is 2.56. The van der Waals surface area contributed by atoms with Crippen LogP contribution in [0.5, 0.6) is 0 Å². The minimum absolute atomic E-state index is 0.289. The van der Waals surface area contributed by atoms with Crippen molar-refractivity contribution in [3.63, 3.8) is 0 Å². The molecule has 0 aliphatic carbocycles. The van der Waals surface area contributed by atoms with E-state index < -0.39 is 0 Å². The molecule has 0 amide bonds. The number of nitrogens with zero attached hydrogens (tertiary/aromatic N) is 2. The summed E-state index contributed by atoms with van der Waals surface area (Å²) in [4.78, 5) is 0. The molecule has 2 N–H and O–H groups in total. The molecule has 2 rings (SSSR count). The average molecular weight is 298 g/mol. The van der Waals surface area contributed by atoms with E-state index in [1.807, 2.05) is 19.3 Å². The molecule has 0 bridgehead atoms. The summed E-state index contributed by atoms with van der Waals surface area (Å²) in [6, 6.07) is 6.42. The Hall–Kier alpha value is -1.20. The fourth-order valence-electron chi connectivity index (χ4n) is 1.71. The van der Waals surface area contributed by atoms with E-state index in [0.717, 1.165) is 5.69 Å². The van der Waals surface area contributed by atoms with Crippen LogP contribution in [0.1, 0.15) is 17.3 Å². The number of hydrogen-bond acceptors (Lipinski definition) is 2. The van der Waals surface area contributed by atoms with Gasteiger partial charge in [0.1, 0.15) is 5.82 Å². The maximum atomic E-state index is 13.7. The van der Waals surface area contributed by atoms with Crippen molar-refractivity contribution in [1.29, 1.82) is 0 Å². The molecular weight excluding hydrogens is 285 g/mol. The van der Waals surface area contributed by atoms with E-state index in [-0.39, 0.29) is 11.9 Å².